The number of aromatic amines is 1. The number of nitrogens with zero attached hydrogens (tertiary/aromatic N) is 1. The molecule has 0 fully saturated rings. The summed E-state index contributed by atoms with van der Waals surface area (Å²) in [6.07, 6.45) is 3.38. The number of pyridine rings is 1. The number of nitrogens with one attached hydrogen (secondary N) is 2. The molecule has 138 valence electrons. The largest absolute Gasteiger partial charge is 0.508 e. The molecular weight excluding hydrogens is 354 g/mol. The average molecular weight is 371 g/mol. The third kappa shape index (κ3) is 3.57. The normalized spacial score (nSPS) is 11.5. The van der Waals surface area contributed by atoms with Gasteiger partial charge in [0, 0.05) is 28.9 Å². The van der Waals surface area contributed by atoms with Gasteiger partial charge in [0.05, 0.1) is 5.57 Å². The maximum atomic E-state index is 11.7. The molecule has 0 atom stereocenters. The van der Waals surface area contributed by atoms with Crippen LogP contribution < -0.4 is 5.32 Å². The highest BCUT2D eigenvalue weighted by Crippen LogP contribution is 2.26. The van der Waals surface area contributed by atoms with Crippen LogP contribution >= 0.6 is 0 Å². The average Bonchev–Trinajstić information content (AvgIpc) is 3.08. The fourth-order valence-corrected chi connectivity index (χ4v) is 2.99. The van der Waals surface area contributed by atoms with E-state index in [1.807, 2.05) is 30.3 Å². The van der Waals surface area contributed by atoms with E-state index in [0.717, 1.165) is 16.6 Å². The SMILES string of the molecule is O=C(O)C(=Cc1c[nH]c2nc(Nc3cccc(O)c3)ccc12)c1ccccc1. The van der Waals surface area contributed by atoms with Crippen LogP contribution in [-0.4, -0.2) is 26.2 Å². The lowest BCUT2D eigenvalue weighted by atomic mass is 10.0. The number of H-pyrrole nitrogens is 1. The molecule has 0 aliphatic carbocycles. The van der Waals surface area contributed by atoms with Crippen molar-refractivity contribution in [3.8, 4) is 5.75 Å². The number of carbonyl (C=O) groups is 1. The number of aromatic nitrogens is 2. The number of carboxylic acids is 1. The summed E-state index contributed by atoms with van der Waals surface area (Å²) in [7, 11) is 0. The Balaban J connectivity index is 1.69. The fourth-order valence-electron chi connectivity index (χ4n) is 2.99. The van der Waals surface area contributed by atoms with E-state index in [9.17, 15) is 15.0 Å². The number of anilines is 2. The van der Waals surface area contributed by atoms with Crippen molar-refractivity contribution >= 4 is 40.2 Å². The van der Waals surface area contributed by atoms with Crippen LogP contribution in [0.4, 0.5) is 11.5 Å². The molecule has 0 aliphatic heterocycles. The van der Waals surface area contributed by atoms with Gasteiger partial charge in [-0.1, -0.05) is 36.4 Å². The van der Waals surface area contributed by atoms with Gasteiger partial charge in [-0.15, -0.1) is 0 Å². The van der Waals surface area contributed by atoms with Gasteiger partial charge in [-0.2, -0.15) is 0 Å². The Morgan fingerprint density at radius 3 is 2.61 bits per heavy atom. The predicted molar refractivity (Wildman–Crippen MR) is 109 cm³/mol. The Kier molecular flexibility index (Phi) is 4.51. The van der Waals surface area contributed by atoms with Crippen molar-refractivity contribution in [2.45, 2.75) is 0 Å². The molecule has 0 bridgehead atoms. The van der Waals surface area contributed by atoms with Crippen LogP contribution in [0.2, 0.25) is 0 Å². The molecule has 2 aromatic heterocycles. The summed E-state index contributed by atoms with van der Waals surface area (Å²) in [5.41, 5.74) is 2.94. The van der Waals surface area contributed by atoms with Crippen molar-refractivity contribution in [2.24, 2.45) is 0 Å². The number of aromatic hydroxyl groups is 1. The van der Waals surface area contributed by atoms with Crippen molar-refractivity contribution < 1.29 is 15.0 Å². The van der Waals surface area contributed by atoms with Gasteiger partial charge >= 0.3 is 5.97 Å². The zero-order valence-corrected chi connectivity index (χ0v) is 14.8. The van der Waals surface area contributed by atoms with Gasteiger partial charge < -0.3 is 20.5 Å². The first-order valence-electron chi connectivity index (χ1n) is 8.65. The second-order valence-corrected chi connectivity index (χ2v) is 6.24. The molecule has 2 aromatic carbocycles. The maximum absolute atomic E-state index is 11.7. The molecule has 28 heavy (non-hydrogen) atoms. The molecule has 4 rings (SSSR count). The summed E-state index contributed by atoms with van der Waals surface area (Å²) >= 11 is 0. The molecule has 0 spiro atoms. The molecular formula is C22H17N3O3. The number of phenols is 1. The van der Waals surface area contributed by atoms with E-state index in [0.29, 0.717) is 17.0 Å². The zero-order chi connectivity index (χ0) is 19.5. The monoisotopic (exact) mass is 371 g/mol. The number of fused-ring (bicyclic) bond motifs is 1. The number of hydrogen-bond donors (Lipinski definition) is 4. The molecule has 4 aromatic rings. The van der Waals surface area contributed by atoms with Crippen LogP contribution in [0.3, 0.4) is 0 Å². The molecule has 2 heterocycles. The van der Waals surface area contributed by atoms with Gasteiger partial charge in [-0.3, -0.25) is 0 Å². The Hall–Kier alpha value is -4.06. The van der Waals surface area contributed by atoms with Gasteiger partial charge in [-0.25, -0.2) is 9.78 Å². The quantitative estimate of drug-likeness (QED) is 0.383. The lowest BCUT2D eigenvalue weighted by Gasteiger charge is -2.06. The highest BCUT2D eigenvalue weighted by atomic mass is 16.4. The Morgan fingerprint density at radius 1 is 1.04 bits per heavy atom. The summed E-state index contributed by atoms with van der Waals surface area (Å²) < 4.78 is 0. The van der Waals surface area contributed by atoms with E-state index in [1.165, 1.54) is 0 Å². The van der Waals surface area contributed by atoms with E-state index in [2.05, 4.69) is 15.3 Å². The standard InChI is InChI=1S/C22H17N3O3/c26-17-8-4-7-16(12-17)24-20-10-9-18-15(13-23-21(18)25-20)11-19(22(27)28)14-5-2-1-3-6-14/h1-13,26H,(H,27,28)(H2,23,24,25). The molecule has 4 N–H and O–H groups in total. The number of hydrogen-bond acceptors (Lipinski definition) is 4. The van der Waals surface area contributed by atoms with E-state index >= 15 is 0 Å². The highest BCUT2D eigenvalue weighted by molar-refractivity contribution is 6.21. The zero-order valence-electron chi connectivity index (χ0n) is 14.8. The third-order valence-corrected chi connectivity index (χ3v) is 4.30. The summed E-state index contributed by atoms with van der Waals surface area (Å²) in [4.78, 5) is 19.3. The minimum absolute atomic E-state index is 0.167. The van der Waals surface area contributed by atoms with Gasteiger partial charge in [0.1, 0.15) is 17.2 Å². The van der Waals surface area contributed by atoms with Crippen molar-refractivity contribution in [2.75, 3.05) is 5.32 Å². The first-order chi connectivity index (χ1) is 13.6. The summed E-state index contributed by atoms with van der Waals surface area (Å²) in [6, 6.07) is 19.4. The van der Waals surface area contributed by atoms with E-state index < -0.39 is 5.97 Å². The molecule has 0 aliphatic rings. The number of benzene rings is 2. The first kappa shape index (κ1) is 17.4. The Labute approximate surface area is 160 Å². The number of phenolic OH excluding ortho intramolecular Hbond substituents is 1. The van der Waals surface area contributed by atoms with Crippen LogP contribution in [0.5, 0.6) is 5.75 Å². The van der Waals surface area contributed by atoms with Crippen molar-refractivity contribution in [3.05, 3.63) is 84.1 Å². The highest BCUT2D eigenvalue weighted by Gasteiger charge is 2.12. The third-order valence-electron chi connectivity index (χ3n) is 4.30. The minimum Gasteiger partial charge on any atom is -0.508 e. The molecule has 0 saturated heterocycles. The Bertz CT molecular complexity index is 1180. The molecule has 0 radical (unpaired) electrons. The van der Waals surface area contributed by atoms with Crippen LogP contribution in [0.25, 0.3) is 22.7 Å². The summed E-state index contributed by atoms with van der Waals surface area (Å²) in [5.74, 6) is -0.215. The second kappa shape index (κ2) is 7.28. The molecule has 6 heteroatoms. The van der Waals surface area contributed by atoms with Gasteiger partial charge in [0.25, 0.3) is 0 Å². The van der Waals surface area contributed by atoms with E-state index in [1.54, 1.807) is 48.7 Å². The van der Waals surface area contributed by atoms with E-state index in [4.69, 9.17) is 0 Å². The van der Waals surface area contributed by atoms with Crippen LogP contribution in [0.15, 0.2) is 72.9 Å². The topological polar surface area (TPSA) is 98.2 Å². The first-order valence-corrected chi connectivity index (χ1v) is 8.65. The van der Waals surface area contributed by atoms with Crippen LogP contribution in [0.1, 0.15) is 11.1 Å². The van der Waals surface area contributed by atoms with Crippen LogP contribution in [-0.2, 0) is 4.79 Å². The van der Waals surface area contributed by atoms with E-state index in [-0.39, 0.29) is 11.3 Å². The lowest BCUT2D eigenvalue weighted by molar-refractivity contribution is -0.130. The number of rotatable bonds is 5. The number of carboxylic acid groups (broad SMARTS) is 1. The molecule has 6 nitrogen and oxygen atoms in total. The lowest BCUT2D eigenvalue weighted by Crippen LogP contribution is -1.99. The van der Waals surface area contributed by atoms with Crippen molar-refractivity contribution in [1.29, 1.82) is 0 Å². The van der Waals surface area contributed by atoms with Crippen LogP contribution in [0, 0.1) is 0 Å². The van der Waals surface area contributed by atoms with Crippen molar-refractivity contribution in [1.82, 2.24) is 9.97 Å². The summed E-state index contributed by atoms with van der Waals surface area (Å²) in [5, 5.41) is 23.1. The fraction of sp³-hybridized carbons (Fsp3) is 0. The minimum atomic E-state index is -0.990. The molecule has 0 unspecified atom stereocenters. The molecule has 0 saturated carbocycles. The van der Waals surface area contributed by atoms with Gasteiger partial charge in [-0.05, 0) is 35.9 Å². The van der Waals surface area contributed by atoms with Gasteiger partial charge in [0.15, 0.2) is 0 Å². The van der Waals surface area contributed by atoms with Gasteiger partial charge in [0.2, 0.25) is 0 Å². The summed E-state index contributed by atoms with van der Waals surface area (Å²) in [6.45, 7) is 0. The number of aliphatic carboxylic acids is 1. The Morgan fingerprint density at radius 2 is 1.86 bits per heavy atom. The second-order valence-electron chi connectivity index (χ2n) is 6.24. The molecule has 0 amide bonds. The smallest absolute Gasteiger partial charge is 0.336 e. The maximum Gasteiger partial charge on any atom is 0.336 e. The predicted octanol–water partition coefficient (Wildman–Crippen LogP) is 4.64. The van der Waals surface area contributed by atoms with Crippen molar-refractivity contribution in [3.63, 3.8) is 0 Å².